The molecule has 0 saturated heterocycles. The number of aromatic nitrogens is 2. The molecule has 0 aliphatic heterocycles. The fourth-order valence-corrected chi connectivity index (χ4v) is 5.63. The maximum Gasteiger partial charge on any atom is 0.193 e. The van der Waals surface area contributed by atoms with Crippen molar-refractivity contribution in [3.05, 3.63) is 23.5 Å². The quantitative estimate of drug-likeness (QED) is 0.916. The Balaban J connectivity index is 1.41. The molecule has 21 heavy (non-hydrogen) atoms. The Morgan fingerprint density at radius 1 is 1.33 bits per heavy atom. The molecule has 3 atom stereocenters. The Hall–Kier alpha value is -0.870. The Morgan fingerprint density at radius 2 is 2.29 bits per heavy atom. The van der Waals surface area contributed by atoms with Crippen molar-refractivity contribution in [2.24, 2.45) is 17.3 Å². The summed E-state index contributed by atoms with van der Waals surface area (Å²) < 4.78 is 2.19. The number of imidazole rings is 1. The second-order valence-corrected chi connectivity index (χ2v) is 8.47. The molecule has 0 spiro atoms. The Morgan fingerprint density at radius 3 is 3.00 bits per heavy atom. The van der Waals surface area contributed by atoms with Crippen LogP contribution in [0.3, 0.4) is 0 Å². The van der Waals surface area contributed by atoms with Crippen LogP contribution in [0.4, 0.5) is 0 Å². The van der Waals surface area contributed by atoms with Gasteiger partial charge in [0.1, 0.15) is 0 Å². The van der Waals surface area contributed by atoms with Crippen molar-refractivity contribution >= 4 is 16.3 Å². The highest BCUT2D eigenvalue weighted by Gasteiger charge is 2.51. The van der Waals surface area contributed by atoms with E-state index in [4.69, 9.17) is 4.98 Å². The SMILES string of the molecule is c1cn2cc(CC3(CNC4CC4)CC4CCC3C4)nc2s1. The van der Waals surface area contributed by atoms with E-state index in [0.29, 0.717) is 5.41 Å². The Bertz CT molecular complexity index is 627. The molecule has 2 bridgehead atoms. The van der Waals surface area contributed by atoms with Gasteiger partial charge in [-0.15, -0.1) is 11.3 Å². The van der Waals surface area contributed by atoms with Gasteiger partial charge in [-0.1, -0.05) is 6.42 Å². The lowest BCUT2D eigenvalue weighted by molar-refractivity contribution is 0.154. The first-order valence-electron chi connectivity index (χ1n) is 8.45. The fraction of sp³-hybridized carbons (Fsp3) is 0.706. The van der Waals surface area contributed by atoms with Gasteiger partial charge in [0, 0.05) is 30.4 Å². The molecule has 5 rings (SSSR count). The predicted octanol–water partition coefficient (Wildman–Crippen LogP) is 3.50. The summed E-state index contributed by atoms with van der Waals surface area (Å²) in [4.78, 5) is 6.01. The smallest absolute Gasteiger partial charge is 0.193 e. The lowest BCUT2D eigenvalue weighted by Crippen LogP contribution is -2.41. The number of thiazole rings is 1. The van der Waals surface area contributed by atoms with Crippen LogP contribution in [0.25, 0.3) is 4.96 Å². The lowest BCUT2D eigenvalue weighted by atomic mass is 9.70. The summed E-state index contributed by atoms with van der Waals surface area (Å²) >= 11 is 1.74. The molecule has 4 heteroatoms. The van der Waals surface area contributed by atoms with E-state index in [9.17, 15) is 0 Å². The zero-order valence-corrected chi connectivity index (χ0v) is 13.2. The van der Waals surface area contributed by atoms with Crippen LogP contribution in [0.15, 0.2) is 17.8 Å². The molecular formula is C17H23N3S. The number of hydrogen-bond acceptors (Lipinski definition) is 3. The molecule has 3 nitrogen and oxygen atoms in total. The minimum atomic E-state index is 0.496. The molecule has 1 N–H and O–H groups in total. The third-order valence-electron chi connectivity index (χ3n) is 6.10. The molecule has 0 radical (unpaired) electrons. The van der Waals surface area contributed by atoms with Crippen LogP contribution in [0.1, 0.15) is 44.2 Å². The van der Waals surface area contributed by atoms with E-state index < -0.39 is 0 Å². The van der Waals surface area contributed by atoms with E-state index in [1.807, 2.05) is 0 Å². The highest BCUT2D eigenvalue weighted by molar-refractivity contribution is 7.15. The largest absolute Gasteiger partial charge is 0.313 e. The second-order valence-electron chi connectivity index (χ2n) is 7.60. The van der Waals surface area contributed by atoms with Crippen LogP contribution < -0.4 is 5.32 Å². The average molecular weight is 301 g/mol. The standard InChI is InChI=1S/C17H23N3S/c1-2-13-7-12(1)8-17(13,11-18-14-3-4-14)9-15-10-20-5-6-21-16(20)19-15/h5-6,10,12-14,18H,1-4,7-9,11H2. The van der Waals surface area contributed by atoms with Crippen LogP contribution in [-0.2, 0) is 6.42 Å². The van der Waals surface area contributed by atoms with E-state index in [-0.39, 0.29) is 0 Å². The van der Waals surface area contributed by atoms with Crippen LogP contribution in [-0.4, -0.2) is 22.0 Å². The van der Waals surface area contributed by atoms with Crippen molar-refractivity contribution in [1.29, 1.82) is 0 Å². The maximum absolute atomic E-state index is 4.86. The highest BCUT2D eigenvalue weighted by Crippen LogP contribution is 2.57. The van der Waals surface area contributed by atoms with Gasteiger partial charge in [-0.25, -0.2) is 4.98 Å². The molecular weight excluding hydrogens is 278 g/mol. The molecule has 3 aliphatic rings. The first-order valence-corrected chi connectivity index (χ1v) is 9.33. The van der Waals surface area contributed by atoms with Gasteiger partial charge in [0.2, 0.25) is 0 Å². The summed E-state index contributed by atoms with van der Waals surface area (Å²) in [6.45, 7) is 1.23. The van der Waals surface area contributed by atoms with Crippen LogP contribution in [0.2, 0.25) is 0 Å². The molecule has 3 saturated carbocycles. The summed E-state index contributed by atoms with van der Waals surface area (Å²) in [5, 5.41) is 5.96. The number of hydrogen-bond donors (Lipinski definition) is 1. The molecule has 0 amide bonds. The molecule has 2 aromatic rings. The summed E-state index contributed by atoms with van der Waals surface area (Å²) in [6.07, 6.45) is 14.2. The van der Waals surface area contributed by atoms with E-state index >= 15 is 0 Å². The first kappa shape index (κ1) is 12.7. The number of nitrogens with one attached hydrogen (secondary N) is 1. The molecule has 112 valence electrons. The second kappa shape index (κ2) is 4.56. The molecule has 0 aromatic carbocycles. The van der Waals surface area contributed by atoms with Crippen molar-refractivity contribution in [2.75, 3.05) is 6.54 Å². The molecule has 2 aromatic heterocycles. The van der Waals surface area contributed by atoms with Crippen LogP contribution >= 0.6 is 11.3 Å². The molecule has 3 unspecified atom stereocenters. The summed E-state index contributed by atoms with van der Waals surface area (Å²) in [5.41, 5.74) is 1.81. The van der Waals surface area contributed by atoms with Gasteiger partial charge in [-0.2, -0.15) is 0 Å². The van der Waals surface area contributed by atoms with Gasteiger partial charge >= 0.3 is 0 Å². The van der Waals surface area contributed by atoms with Gasteiger partial charge < -0.3 is 5.32 Å². The third-order valence-corrected chi connectivity index (χ3v) is 6.87. The summed E-state index contributed by atoms with van der Waals surface area (Å²) in [6, 6.07) is 0.825. The van der Waals surface area contributed by atoms with E-state index in [1.165, 1.54) is 57.2 Å². The monoisotopic (exact) mass is 301 g/mol. The van der Waals surface area contributed by atoms with Gasteiger partial charge in [-0.05, 0) is 55.8 Å². The van der Waals surface area contributed by atoms with E-state index in [2.05, 4.69) is 27.5 Å². The minimum absolute atomic E-state index is 0.496. The van der Waals surface area contributed by atoms with Crippen molar-refractivity contribution in [3.63, 3.8) is 0 Å². The summed E-state index contributed by atoms with van der Waals surface area (Å²) in [5.74, 6) is 1.94. The normalized spacial score (nSPS) is 35.0. The van der Waals surface area contributed by atoms with Crippen molar-refractivity contribution in [3.8, 4) is 0 Å². The predicted molar refractivity (Wildman–Crippen MR) is 85.7 cm³/mol. The van der Waals surface area contributed by atoms with Gasteiger partial charge in [-0.3, -0.25) is 4.40 Å². The Kier molecular flexibility index (Phi) is 2.75. The van der Waals surface area contributed by atoms with Crippen molar-refractivity contribution < 1.29 is 0 Å². The van der Waals surface area contributed by atoms with Crippen molar-refractivity contribution in [2.45, 2.75) is 51.0 Å². The Labute approximate surface area is 129 Å². The van der Waals surface area contributed by atoms with Crippen LogP contribution in [0.5, 0.6) is 0 Å². The zero-order chi connectivity index (χ0) is 13.9. The van der Waals surface area contributed by atoms with Crippen LogP contribution in [0, 0.1) is 17.3 Å². The highest BCUT2D eigenvalue weighted by atomic mass is 32.1. The first-order chi connectivity index (χ1) is 10.3. The lowest BCUT2D eigenvalue weighted by Gasteiger charge is -2.38. The topological polar surface area (TPSA) is 29.3 Å². The third kappa shape index (κ3) is 2.15. The molecule has 2 heterocycles. The van der Waals surface area contributed by atoms with Gasteiger partial charge in [0.25, 0.3) is 0 Å². The van der Waals surface area contributed by atoms with E-state index in [0.717, 1.165) is 22.8 Å². The number of fused-ring (bicyclic) bond motifs is 3. The maximum atomic E-state index is 4.86. The van der Waals surface area contributed by atoms with Gasteiger partial charge in [0.05, 0.1) is 5.69 Å². The average Bonchev–Trinajstić information content (AvgIpc) is 2.81. The summed E-state index contributed by atoms with van der Waals surface area (Å²) in [7, 11) is 0. The van der Waals surface area contributed by atoms with E-state index in [1.54, 1.807) is 11.3 Å². The van der Waals surface area contributed by atoms with Gasteiger partial charge in [0.15, 0.2) is 4.96 Å². The number of nitrogens with zero attached hydrogens (tertiary/aromatic N) is 2. The minimum Gasteiger partial charge on any atom is -0.313 e. The molecule has 3 aliphatic carbocycles. The molecule has 3 fully saturated rings. The zero-order valence-electron chi connectivity index (χ0n) is 12.4. The van der Waals surface area contributed by atoms with Crippen molar-refractivity contribution in [1.82, 2.24) is 14.7 Å². The fourth-order valence-electron chi connectivity index (χ4n) is 4.91. The number of rotatable bonds is 5.